The molecule has 1 aliphatic carbocycles. The second-order valence-electron chi connectivity index (χ2n) is 4.09. The minimum Gasteiger partial charge on any atom is -0.159 e. The highest BCUT2D eigenvalue weighted by atomic mass is 15.1. The van der Waals surface area contributed by atoms with Crippen molar-refractivity contribution in [3.63, 3.8) is 0 Å². The van der Waals surface area contributed by atoms with Crippen molar-refractivity contribution < 1.29 is 0 Å². The number of aryl methyl sites for hydroxylation is 1. The molecule has 70 valence electrons. The van der Waals surface area contributed by atoms with E-state index in [1.807, 2.05) is 6.20 Å². The third-order valence-electron chi connectivity index (χ3n) is 2.78. The summed E-state index contributed by atoms with van der Waals surface area (Å²) in [4.78, 5) is 0. The Labute approximate surface area is 79.4 Å². The highest BCUT2D eigenvalue weighted by molar-refractivity contribution is 5.31. The maximum atomic E-state index is 4.21. The van der Waals surface area contributed by atoms with Gasteiger partial charge in [-0.2, -0.15) is 10.2 Å². The summed E-state index contributed by atoms with van der Waals surface area (Å²) in [5.41, 5.74) is 4.14. The Bertz CT molecular complexity index is 305. The molecule has 0 aromatic carbocycles. The molecule has 0 radical (unpaired) electrons. The van der Waals surface area contributed by atoms with Crippen molar-refractivity contribution in [2.75, 3.05) is 0 Å². The lowest BCUT2D eigenvalue weighted by Gasteiger charge is -2.18. The molecular weight excluding hydrogens is 160 g/mol. The topological polar surface area (TPSA) is 25.8 Å². The van der Waals surface area contributed by atoms with E-state index in [-0.39, 0.29) is 0 Å². The van der Waals surface area contributed by atoms with Crippen molar-refractivity contribution in [1.82, 2.24) is 10.2 Å². The predicted octanol–water partition coefficient (Wildman–Crippen LogP) is 2.48. The lowest BCUT2D eigenvalue weighted by Crippen LogP contribution is -2.10. The molecule has 0 aliphatic heterocycles. The third kappa shape index (κ3) is 1.58. The van der Waals surface area contributed by atoms with Gasteiger partial charge in [-0.05, 0) is 42.7 Å². The van der Waals surface area contributed by atoms with Gasteiger partial charge in [-0.3, -0.25) is 0 Å². The van der Waals surface area contributed by atoms with Crippen LogP contribution in [0.1, 0.15) is 49.4 Å². The van der Waals surface area contributed by atoms with Gasteiger partial charge in [0.25, 0.3) is 0 Å². The molecule has 0 atom stereocenters. The van der Waals surface area contributed by atoms with Crippen LogP contribution in [0.2, 0.25) is 0 Å². The van der Waals surface area contributed by atoms with E-state index in [4.69, 9.17) is 0 Å². The number of aromatic nitrogens is 2. The van der Waals surface area contributed by atoms with E-state index in [1.165, 1.54) is 36.1 Å². The highest BCUT2D eigenvalue weighted by Gasteiger charge is 2.16. The quantitative estimate of drug-likeness (QED) is 0.657. The van der Waals surface area contributed by atoms with Gasteiger partial charge in [0.05, 0.1) is 11.9 Å². The van der Waals surface area contributed by atoms with Crippen LogP contribution in [0.15, 0.2) is 6.20 Å². The zero-order valence-electron chi connectivity index (χ0n) is 8.38. The molecule has 0 amide bonds. The average molecular weight is 176 g/mol. The molecule has 0 N–H and O–H groups in total. The van der Waals surface area contributed by atoms with Crippen LogP contribution in [0, 0.1) is 0 Å². The van der Waals surface area contributed by atoms with Gasteiger partial charge in [0.1, 0.15) is 0 Å². The summed E-state index contributed by atoms with van der Waals surface area (Å²) in [6.07, 6.45) is 6.87. The highest BCUT2D eigenvalue weighted by Crippen LogP contribution is 2.26. The maximum Gasteiger partial charge on any atom is 0.0665 e. The molecule has 2 rings (SSSR count). The summed E-state index contributed by atoms with van der Waals surface area (Å²) >= 11 is 0. The Hall–Kier alpha value is -0.920. The first-order valence-electron chi connectivity index (χ1n) is 5.12. The second kappa shape index (κ2) is 3.44. The Balaban J connectivity index is 2.46. The van der Waals surface area contributed by atoms with Gasteiger partial charge in [-0.25, -0.2) is 0 Å². The van der Waals surface area contributed by atoms with Gasteiger partial charge < -0.3 is 0 Å². The van der Waals surface area contributed by atoms with Crippen LogP contribution >= 0.6 is 0 Å². The van der Waals surface area contributed by atoms with E-state index in [0.717, 1.165) is 6.42 Å². The standard InChI is InChI=1S/C11H16N2/c1-8(2)10-7-12-13-11-6-4-3-5-9(10)11/h7-8H,3-6H2,1-2H3. The lowest BCUT2D eigenvalue weighted by atomic mass is 9.89. The molecule has 0 fully saturated rings. The van der Waals surface area contributed by atoms with Gasteiger partial charge in [-0.1, -0.05) is 13.8 Å². The first kappa shape index (κ1) is 8.67. The first-order valence-corrected chi connectivity index (χ1v) is 5.12. The van der Waals surface area contributed by atoms with Crippen molar-refractivity contribution in [2.24, 2.45) is 0 Å². The molecule has 1 heterocycles. The van der Waals surface area contributed by atoms with Gasteiger partial charge >= 0.3 is 0 Å². The largest absolute Gasteiger partial charge is 0.159 e. The zero-order chi connectivity index (χ0) is 9.26. The molecule has 1 aliphatic rings. The van der Waals surface area contributed by atoms with Crippen molar-refractivity contribution >= 4 is 0 Å². The fourth-order valence-electron chi connectivity index (χ4n) is 2.05. The van der Waals surface area contributed by atoms with E-state index in [9.17, 15) is 0 Å². The molecule has 0 bridgehead atoms. The molecule has 0 saturated heterocycles. The summed E-state index contributed by atoms with van der Waals surface area (Å²) < 4.78 is 0. The number of hydrogen-bond donors (Lipinski definition) is 0. The predicted molar refractivity (Wildman–Crippen MR) is 52.8 cm³/mol. The fourth-order valence-corrected chi connectivity index (χ4v) is 2.05. The van der Waals surface area contributed by atoms with E-state index in [1.54, 1.807) is 0 Å². The number of hydrogen-bond acceptors (Lipinski definition) is 2. The van der Waals surface area contributed by atoms with E-state index in [0.29, 0.717) is 5.92 Å². The lowest BCUT2D eigenvalue weighted by molar-refractivity contribution is 0.637. The number of nitrogens with zero attached hydrogens (tertiary/aromatic N) is 2. The molecular formula is C11H16N2. The normalized spacial score (nSPS) is 15.9. The summed E-state index contributed by atoms with van der Waals surface area (Å²) in [7, 11) is 0. The molecule has 1 aromatic heterocycles. The minimum absolute atomic E-state index is 0.586. The van der Waals surface area contributed by atoms with Crippen molar-refractivity contribution in [3.05, 3.63) is 23.0 Å². The third-order valence-corrected chi connectivity index (χ3v) is 2.78. The number of rotatable bonds is 1. The molecule has 0 spiro atoms. The average Bonchev–Trinajstić information content (AvgIpc) is 2.17. The smallest absolute Gasteiger partial charge is 0.0665 e. The van der Waals surface area contributed by atoms with E-state index < -0.39 is 0 Å². The summed E-state index contributed by atoms with van der Waals surface area (Å²) in [5.74, 6) is 0.586. The van der Waals surface area contributed by atoms with Gasteiger partial charge in [0.2, 0.25) is 0 Å². The SMILES string of the molecule is CC(C)c1cnnc2c1CCCC2. The molecule has 1 aromatic rings. The van der Waals surface area contributed by atoms with Crippen LogP contribution in [-0.4, -0.2) is 10.2 Å². The molecule has 13 heavy (non-hydrogen) atoms. The monoisotopic (exact) mass is 176 g/mol. The molecule has 0 unspecified atom stereocenters. The van der Waals surface area contributed by atoms with Crippen LogP contribution in [0.25, 0.3) is 0 Å². The molecule has 2 heteroatoms. The first-order chi connectivity index (χ1) is 6.29. The zero-order valence-corrected chi connectivity index (χ0v) is 8.38. The second-order valence-corrected chi connectivity index (χ2v) is 4.09. The number of fused-ring (bicyclic) bond motifs is 1. The minimum atomic E-state index is 0.586. The van der Waals surface area contributed by atoms with Crippen LogP contribution in [0.3, 0.4) is 0 Å². The fraction of sp³-hybridized carbons (Fsp3) is 0.636. The van der Waals surface area contributed by atoms with Crippen molar-refractivity contribution in [2.45, 2.75) is 45.4 Å². The van der Waals surface area contributed by atoms with Gasteiger partial charge in [0.15, 0.2) is 0 Å². The summed E-state index contributed by atoms with van der Waals surface area (Å²) in [6.45, 7) is 4.46. The Morgan fingerprint density at radius 1 is 1.23 bits per heavy atom. The summed E-state index contributed by atoms with van der Waals surface area (Å²) in [5, 5.41) is 8.28. The molecule has 0 saturated carbocycles. The van der Waals surface area contributed by atoms with Crippen LogP contribution < -0.4 is 0 Å². The summed E-state index contributed by atoms with van der Waals surface area (Å²) in [6, 6.07) is 0. The maximum absolute atomic E-state index is 4.21. The van der Waals surface area contributed by atoms with Gasteiger partial charge in [0, 0.05) is 0 Å². The Morgan fingerprint density at radius 3 is 2.77 bits per heavy atom. The van der Waals surface area contributed by atoms with Crippen molar-refractivity contribution in [3.8, 4) is 0 Å². The van der Waals surface area contributed by atoms with E-state index in [2.05, 4.69) is 24.0 Å². The van der Waals surface area contributed by atoms with Gasteiger partial charge in [-0.15, -0.1) is 0 Å². The van der Waals surface area contributed by atoms with Crippen LogP contribution in [0.5, 0.6) is 0 Å². The van der Waals surface area contributed by atoms with Crippen molar-refractivity contribution in [1.29, 1.82) is 0 Å². The van der Waals surface area contributed by atoms with Crippen LogP contribution in [-0.2, 0) is 12.8 Å². The van der Waals surface area contributed by atoms with Crippen LogP contribution in [0.4, 0.5) is 0 Å². The molecule has 2 nitrogen and oxygen atoms in total. The Morgan fingerprint density at radius 2 is 2.00 bits per heavy atom. The van der Waals surface area contributed by atoms with E-state index >= 15 is 0 Å². The Kier molecular flexibility index (Phi) is 2.30.